The molecule has 2 fully saturated rings. The molecular weight excluding hydrogens is 190 g/mol. The SMILES string of the molecule is CC1CC(NCCC2CCCC2)CS1. The first-order chi connectivity index (χ1) is 6.84. The molecule has 2 unspecified atom stereocenters. The first kappa shape index (κ1) is 10.8. The molecule has 0 spiro atoms. The molecule has 2 aliphatic rings. The predicted octanol–water partition coefficient (Wildman–Crippen LogP) is 3.05. The third-order valence-corrected chi connectivity index (χ3v) is 5.02. The van der Waals surface area contributed by atoms with Crippen molar-refractivity contribution in [1.82, 2.24) is 5.32 Å². The van der Waals surface area contributed by atoms with Crippen LogP contribution in [-0.2, 0) is 0 Å². The molecule has 1 aliphatic heterocycles. The van der Waals surface area contributed by atoms with Gasteiger partial charge in [0.15, 0.2) is 0 Å². The van der Waals surface area contributed by atoms with Gasteiger partial charge >= 0.3 is 0 Å². The van der Waals surface area contributed by atoms with E-state index in [1.165, 1.54) is 50.8 Å². The van der Waals surface area contributed by atoms with Gasteiger partial charge in [-0.3, -0.25) is 0 Å². The minimum Gasteiger partial charge on any atom is -0.313 e. The summed E-state index contributed by atoms with van der Waals surface area (Å²) in [6, 6.07) is 0.816. The van der Waals surface area contributed by atoms with Crippen molar-refractivity contribution in [1.29, 1.82) is 0 Å². The third kappa shape index (κ3) is 3.16. The lowest BCUT2D eigenvalue weighted by molar-refractivity contribution is 0.447. The van der Waals surface area contributed by atoms with Crippen molar-refractivity contribution in [2.45, 2.75) is 56.7 Å². The summed E-state index contributed by atoms with van der Waals surface area (Å²) in [5, 5.41) is 4.61. The van der Waals surface area contributed by atoms with E-state index in [-0.39, 0.29) is 0 Å². The van der Waals surface area contributed by atoms with Crippen molar-refractivity contribution >= 4 is 11.8 Å². The molecule has 1 nitrogen and oxygen atoms in total. The van der Waals surface area contributed by atoms with Gasteiger partial charge < -0.3 is 5.32 Å². The molecule has 0 aromatic carbocycles. The van der Waals surface area contributed by atoms with Gasteiger partial charge in [-0.15, -0.1) is 0 Å². The Balaban J connectivity index is 1.54. The molecule has 14 heavy (non-hydrogen) atoms. The van der Waals surface area contributed by atoms with Gasteiger partial charge in [0.1, 0.15) is 0 Å². The maximum Gasteiger partial charge on any atom is 0.0168 e. The molecule has 0 aromatic rings. The van der Waals surface area contributed by atoms with Crippen molar-refractivity contribution < 1.29 is 0 Å². The van der Waals surface area contributed by atoms with E-state index in [1.54, 1.807) is 0 Å². The van der Waals surface area contributed by atoms with Crippen LogP contribution in [0.3, 0.4) is 0 Å². The summed E-state index contributed by atoms with van der Waals surface area (Å²) in [5.41, 5.74) is 0. The van der Waals surface area contributed by atoms with Crippen LogP contribution < -0.4 is 5.32 Å². The van der Waals surface area contributed by atoms with Crippen molar-refractivity contribution in [3.63, 3.8) is 0 Å². The number of hydrogen-bond acceptors (Lipinski definition) is 2. The summed E-state index contributed by atoms with van der Waals surface area (Å²) in [6.07, 6.45) is 8.78. The number of rotatable bonds is 4. The van der Waals surface area contributed by atoms with Crippen LogP contribution in [0.2, 0.25) is 0 Å². The molecule has 82 valence electrons. The highest BCUT2D eigenvalue weighted by Crippen LogP contribution is 2.28. The lowest BCUT2D eigenvalue weighted by atomic mass is 10.0. The molecule has 0 amide bonds. The zero-order valence-corrected chi connectivity index (χ0v) is 10.1. The normalized spacial score (nSPS) is 34.1. The average molecular weight is 213 g/mol. The molecule has 1 saturated heterocycles. The molecule has 1 saturated carbocycles. The molecule has 1 heterocycles. The summed E-state index contributed by atoms with van der Waals surface area (Å²) in [7, 11) is 0. The summed E-state index contributed by atoms with van der Waals surface area (Å²) >= 11 is 2.13. The van der Waals surface area contributed by atoms with E-state index in [0.29, 0.717) is 0 Å². The Kier molecular flexibility index (Phi) is 4.18. The fourth-order valence-corrected chi connectivity index (χ4v) is 3.93. The van der Waals surface area contributed by atoms with E-state index in [9.17, 15) is 0 Å². The Bertz CT molecular complexity index is 166. The van der Waals surface area contributed by atoms with Crippen LogP contribution in [0.25, 0.3) is 0 Å². The standard InChI is InChI=1S/C12H23NS/c1-10-8-12(9-14-10)13-7-6-11-4-2-3-5-11/h10-13H,2-9H2,1H3. The number of thioether (sulfide) groups is 1. The topological polar surface area (TPSA) is 12.0 Å². The van der Waals surface area contributed by atoms with Gasteiger partial charge in [0.05, 0.1) is 0 Å². The second-order valence-corrected chi connectivity index (χ2v) is 6.44. The van der Waals surface area contributed by atoms with Crippen LogP contribution in [0, 0.1) is 5.92 Å². The van der Waals surface area contributed by atoms with E-state index in [1.807, 2.05) is 0 Å². The first-order valence-corrected chi connectivity index (χ1v) is 7.24. The minimum atomic E-state index is 0.816. The summed E-state index contributed by atoms with van der Waals surface area (Å²) in [4.78, 5) is 0. The largest absolute Gasteiger partial charge is 0.313 e. The molecule has 1 aliphatic carbocycles. The van der Waals surface area contributed by atoms with Crippen LogP contribution in [0.15, 0.2) is 0 Å². The molecule has 0 bridgehead atoms. The van der Waals surface area contributed by atoms with Crippen LogP contribution in [0.5, 0.6) is 0 Å². The highest BCUT2D eigenvalue weighted by atomic mass is 32.2. The molecule has 0 aromatic heterocycles. The molecular formula is C12H23NS. The van der Waals surface area contributed by atoms with Gasteiger partial charge in [0, 0.05) is 17.0 Å². The maximum atomic E-state index is 3.72. The molecule has 2 rings (SSSR count). The van der Waals surface area contributed by atoms with Crippen LogP contribution in [0.1, 0.15) is 45.4 Å². The summed E-state index contributed by atoms with van der Waals surface area (Å²) in [5.74, 6) is 2.39. The van der Waals surface area contributed by atoms with Gasteiger partial charge in [0.2, 0.25) is 0 Å². The third-order valence-electron chi connectivity index (χ3n) is 3.66. The van der Waals surface area contributed by atoms with Crippen molar-refractivity contribution in [3.8, 4) is 0 Å². The molecule has 2 atom stereocenters. The summed E-state index contributed by atoms with van der Waals surface area (Å²) in [6.45, 7) is 3.62. The molecule has 1 N–H and O–H groups in total. The van der Waals surface area contributed by atoms with Gasteiger partial charge in [-0.25, -0.2) is 0 Å². The highest BCUT2D eigenvalue weighted by Gasteiger charge is 2.21. The molecule has 0 radical (unpaired) electrons. The van der Waals surface area contributed by atoms with E-state index in [4.69, 9.17) is 0 Å². The van der Waals surface area contributed by atoms with Crippen LogP contribution in [0.4, 0.5) is 0 Å². The Morgan fingerprint density at radius 3 is 2.71 bits per heavy atom. The maximum absolute atomic E-state index is 3.72. The lowest BCUT2D eigenvalue weighted by Gasteiger charge is -2.14. The van der Waals surface area contributed by atoms with Crippen molar-refractivity contribution in [2.24, 2.45) is 5.92 Å². The van der Waals surface area contributed by atoms with Crippen LogP contribution in [-0.4, -0.2) is 23.6 Å². The second kappa shape index (κ2) is 5.41. The van der Waals surface area contributed by atoms with Crippen LogP contribution >= 0.6 is 11.8 Å². The number of nitrogens with one attached hydrogen (secondary N) is 1. The Morgan fingerprint density at radius 1 is 1.29 bits per heavy atom. The van der Waals surface area contributed by atoms with E-state index < -0.39 is 0 Å². The quantitative estimate of drug-likeness (QED) is 0.770. The van der Waals surface area contributed by atoms with Gasteiger partial charge in [-0.1, -0.05) is 32.6 Å². The Labute approximate surface area is 92.4 Å². The van der Waals surface area contributed by atoms with E-state index in [2.05, 4.69) is 24.0 Å². The first-order valence-electron chi connectivity index (χ1n) is 6.19. The van der Waals surface area contributed by atoms with E-state index >= 15 is 0 Å². The van der Waals surface area contributed by atoms with Crippen molar-refractivity contribution in [3.05, 3.63) is 0 Å². The zero-order valence-electron chi connectivity index (χ0n) is 9.30. The zero-order chi connectivity index (χ0) is 9.80. The number of hydrogen-bond donors (Lipinski definition) is 1. The highest BCUT2D eigenvalue weighted by molar-refractivity contribution is 8.00. The minimum absolute atomic E-state index is 0.816. The Morgan fingerprint density at radius 2 is 2.07 bits per heavy atom. The lowest BCUT2D eigenvalue weighted by Crippen LogP contribution is -2.30. The fraction of sp³-hybridized carbons (Fsp3) is 1.00. The smallest absolute Gasteiger partial charge is 0.0168 e. The summed E-state index contributed by atoms with van der Waals surface area (Å²) < 4.78 is 0. The average Bonchev–Trinajstić information content (AvgIpc) is 2.77. The monoisotopic (exact) mass is 213 g/mol. The Hall–Kier alpha value is 0.310. The second-order valence-electron chi connectivity index (χ2n) is 4.97. The van der Waals surface area contributed by atoms with E-state index in [0.717, 1.165) is 17.2 Å². The van der Waals surface area contributed by atoms with Crippen molar-refractivity contribution in [2.75, 3.05) is 12.3 Å². The van der Waals surface area contributed by atoms with Gasteiger partial charge in [-0.2, -0.15) is 11.8 Å². The fourth-order valence-electron chi connectivity index (χ4n) is 2.75. The molecule has 2 heteroatoms. The predicted molar refractivity (Wildman–Crippen MR) is 64.9 cm³/mol. The van der Waals surface area contributed by atoms with Gasteiger partial charge in [-0.05, 0) is 25.3 Å². The van der Waals surface area contributed by atoms with Gasteiger partial charge in [0.25, 0.3) is 0 Å².